The Labute approximate surface area is 199 Å². The summed E-state index contributed by atoms with van der Waals surface area (Å²) in [5, 5.41) is 9.36. The minimum atomic E-state index is -0.135. The molecule has 0 unspecified atom stereocenters. The van der Waals surface area contributed by atoms with Crippen LogP contribution in [0.5, 0.6) is 17.2 Å². The zero-order valence-electron chi connectivity index (χ0n) is 19.4. The van der Waals surface area contributed by atoms with Crippen molar-refractivity contribution in [3.63, 3.8) is 0 Å². The number of ether oxygens (including phenoxy) is 1. The van der Waals surface area contributed by atoms with E-state index in [1.165, 1.54) is 5.56 Å². The molecular formula is C30H26O4. The summed E-state index contributed by atoms with van der Waals surface area (Å²) in [7, 11) is 0. The molecule has 4 aromatic carbocycles. The first-order chi connectivity index (χ1) is 16.2. The molecule has 0 aromatic heterocycles. The summed E-state index contributed by atoms with van der Waals surface area (Å²) >= 11 is 0. The van der Waals surface area contributed by atoms with Crippen LogP contribution in [0.25, 0.3) is 0 Å². The zero-order valence-corrected chi connectivity index (χ0v) is 19.4. The number of phenolic OH excluding ortho intramolecular Hbond substituents is 1. The van der Waals surface area contributed by atoms with Crippen molar-refractivity contribution in [3.8, 4) is 17.2 Å². The molecule has 170 valence electrons. The van der Waals surface area contributed by atoms with Crippen molar-refractivity contribution in [3.05, 3.63) is 125 Å². The van der Waals surface area contributed by atoms with E-state index in [-0.39, 0.29) is 22.7 Å². The molecule has 4 nitrogen and oxygen atoms in total. The van der Waals surface area contributed by atoms with Crippen molar-refractivity contribution in [1.29, 1.82) is 0 Å². The van der Waals surface area contributed by atoms with Gasteiger partial charge < -0.3 is 9.84 Å². The molecular weight excluding hydrogens is 424 g/mol. The molecule has 4 heteroatoms. The van der Waals surface area contributed by atoms with E-state index in [0.717, 1.165) is 0 Å². The molecule has 0 aliphatic heterocycles. The summed E-state index contributed by atoms with van der Waals surface area (Å²) in [6.07, 6.45) is 0. The van der Waals surface area contributed by atoms with Gasteiger partial charge in [0, 0.05) is 22.3 Å². The van der Waals surface area contributed by atoms with E-state index >= 15 is 0 Å². The van der Waals surface area contributed by atoms with Crippen molar-refractivity contribution >= 4 is 11.6 Å². The number of benzene rings is 4. The maximum Gasteiger partial charge on any atom is 0.193 e. The number of carbonyl (C=O) groups is 2. The van der Waals surface area contributed by atoms with Crippen molar-refractivity contribution in [2.45, 2.75) is 26.2 Å². The largest absolute Gasteiger partial charge is 0.508 e. The van der Waals surface area contributed by atoms with E-state index in [0.29, 0.717) is 33.8 Å². The highest BCUT2D eigenvalue weighted by Gasteiger charge is 2.16. The Bertz CT molecular complexity index is 1290. The number of phenols is 1. The lowest BCUT2D eigenvalue weighted by atomic mass is 9.86. The first-order valence-corrected chi connectivity index (χ1v) is 11.1. The van der Waals surface area contributed by atoms with E-state index in [1.54, 1.807) is 72.8 Å². The summed E-state index contributed by atoms with van der Waals surface area (Å²) in [6, 6.07) is 27.7. The van der Waals surface area contributed by atoms with E-state index < -0.39 is 0 Å². The molecule has 0 fully saturated rings. The lowest BCUT2D eigenvalue weighted by molar-refractivity contribution is 0.102. The second-order valence-corrected chi connectivity index (χ2v) is 9.18. The fraction of sp³-hybridized carbons (Fsp3) is 0.133. The van der Waals surface area contributed by atoms with Crippen LogP contribution in [0.3, 0.4) is 0 Å². The molecule has 0 atom stereocenters. The molecule has 0 heterocycles. The third-order valence-electron chi connectivity index (χ3n) is 5.61. The number of carbonyl (C=O) groups excluding carboxylic acids is 2. The standard InChI is InChI=1S/C30H26O4/c1-30(2,3)24-12-8-22(9-13-24)28(32)20-4-6-21(7-5-20)29(33)23-10-16-26(17-11-23)34-27-18-14-25(31)15-19-27/h4-19,31H,1-3H3. The van der Waals surface area contributed by atoms with Gasteiger partial charge in [-0.15, -0.1) is 0 Å². The summed E-state index contributed by atoms with van der Waals surface area (Å²) in [4.78, 5) is 25.7. The highest BCUT2D eigenvalue weighted by atomic mass is 16.5. The normalized spacial score (nSPS) is 11.1. The zero-order chi connectivity index (χ0) is 24.3. The van der Waals surface area contributed by atoms with Gasteiger partial charge in [0.05, 0.1) is 0 Å². The number of hydrogen-bond acceptors (Lipinski definition) is 4. The Morgan fingerprint density at radius 3 is 1.26 bits per heavy atom. The average molecular weight is 451 g/mol. The first-order valence-electron chi connectivity index (χ1n) is 11.1. The molecule has 34 heavy (non-hydrogen) atoms. The van der Waals surface area contributed by atoms with Crippen LogP contribution < -0.4 is 4.74 Å². The summed E-state index contributed by atoms with van der Waals surface area (Å²) in [5.41, 5.74) is 3.39. The highest BCUT2D eigenvalue weighted by molar-refractivity contribution is 6.11. The molecule has 0 aliphatic rings. The smallest absolute Gasteiger partial charge is 0.193 e. The van der Waals surface area contributed by atoms with Crippen LogP contribution in [0.2, 0.25) is 0 Å². The van der Waals surface area contributed by atoms with Crippen LogP contribution in [-0.4, -0.2) is 16.7 Å². The van der Waals surface area contributed by atoms with Gasteiger partial charge in [0.2, 0.25) is 0 Å². The summed E-state index contributed by atoms with van der Waals surface area (Å²) in [6.45, 7) is 6.40. The van der Waals surface area contributed by atoms with Gasteiger partial charge in [-0.1, -0.05) is 69.3 Å². The fourth-order valence-electron chi connectivity index (χ4n) is 3.55. The third kappa shape index (κ3) is 5.24. The van der Waals surface area contributed by atoms with E-state index in [9.17, 15) is 14.7 Å². The van der Waals surface area contributed by atoms with Crippen LogP contribution in [0.4, 0.5) is 0 Å². The quantitative estimate of drug-likeness (QED) is 0.323. The molecule has 4 aromatic rings. The predicted molar refractivity (Wildman–Crippen MR) is 133 cm³/mol. The number of hydrogen-bond donors (Lipinski definition) is 1. The average Bonchev–Trinajstić information content (AvgIpc) is 2.85. The minimum Gasteiger partial charge on any atom is -0.508 e. The second-order valence-electron chi connectivity index (χ2n) is 9.18. The molecule has 0 spiro atoms. The van der Waals surface area contributed by atoms with Crippen LogP contribution in [0.15, 0.2) is 97.1 Å². The minimum absolute atomic E-state index is 0.0272. The Balaban J connectivity index is 1.44. The van der Waals surface area contributed by atoms with Crippen LogP contribution in [-0.2, 0) is 5.41 Å². The topological polar surface area (TPSA) is 63.6 Å². The number of ketones is 2. The Hall–Kier alpha value is -4.18. The van der Waals surface area contributed by atoms with E-state index in [2.05, 4.69) is 20.8 Å². The van der Waals surface area contributed by atoms with Crippen molar-refractivity contribution in [2.75, 3.05) is 0 Å². The first kappa shape index (κ1) is 23.0. The summed E-state index contributed by atoms with van der Waals surface area (Å²) in [5.74, 6) is 1.13. The van der Waals surface area contributed by atoms with Gasteiger partial charge >= 0.3 is 0 Å². The van der Waals surface area contributed by atoms with Gasteiger partial charge in [0.1, 0.15) is 17.2 Å². The van der Waals surface area contributed by atoms with Crippen LogP contribution >= 0.6 is 0 Å². The molecule has 0 bridgehead atoms. The van der Waals surface area contributed by atoms with Gasteiger partial charge in [0.25, 0.3) is 0 Å². The Morgan fingerprint density at radius 2 is 0.882 bits per heavy atom. The van der Waals surface area contributed by atoms with Crippen molar-refractivity contribution in [1.82, 2.24) is 0 Å². The van der Waals surface area contributed by atoms with Gasteiger partial charge in [0.15, 0.2) is 11.6 Å². The van der Waals surface area contributed by atoms with Crippen molar-refractivity contribution in [2.24, 2.45) is 0 Å². The maximum absolute atomic E-state index is 12.9. The van der Waals surface area contributed by atoms with Gasteiger partial charge in [-0.05, 0) is 59.5 Å². The second kappa shape index (κ2) is 9.36. The van der Waals surface area contributed by atoms with E-state index in [4.69, 9.17) is 4.74 Å². The Morgan fingerprint density at radius 1 is 0.559 bits per heavy atom. The molecule has 0 amide bonds. The lowest BCUT2D eigenvalue weighted by Crippen LogP contribution is -2.11. The molecule has 0 radical (unpaired) electrons. The maximum atomic E-state index is 12.9. The lowest BCUT2D eigenvalue weighted by Gasteiger charge is -2.19. The molecule has 0 saturated heterocycles. The van der Waals surface area contributed by atoms with Gasteiger partial charge in [-0.25, -0.2) is 0 Å². The van der Waals surface area contributed by atoms with Crippen molar-refractivity contribution < 1.29 is 19.4 Å². The molecule has 1 N–H and O–H groups in total. The van der Waals surface area contributed by atoms with E-state index in [1.807, 2.05) is 24.3 Å². The Kier molecular flexibility index (Phi) is 6.33. The number of aromatic hydroxyl groups is 1. The fourth-order valence-corrected chi connectivity index (χ4v) is 3.55. The van der Waals surface area contributed by atoms with Crippen LogP contribution in [0, 0.1) is 0 Å². The molecule has 4 rings (SSSR count). The summed E-state index contributed by atoms with van der Waals surface area (Å²) < 4.78 is 5.72. The molecule has 0 saturated carbocycles. The highest BCUT2D eigenvalue weighted by Crippen LogP contribution is 2.25. The van der Waals surface area contributed by atoms with Gasteiger partial charge in [-0.2, -0.15) is 0 Å². The number of rotatable bonds is 6. The predicted octanol–water partition coefficient (Wildman–Crippen LogP) is 6.94. The third-order valence-corrected chi connectivity index (χ3v) is 5.61. The monoisotopic (exact) mass is 450 g/mol. The van der Waals surface area contributed by atoms with Crippen LogP contribution in [0.1, 0.15) is 58.2 Å². The molecule has 0 aliphatic carbocycles. The SMILES string of the molecule is CC(C)(C)c1ccc(C(=O)c2ccc(C(=O)c3ccc(Oc4ccc(O)cc4)cc3)cc2)cc1. The van der Waals surface area contributed by atoms with Gasteiger partial charge in [-0.3, -0.25) is 9.59 Å².